The fourth-order valence-corrected chi connectivity index (χ4v) is 1.65. The summed E-state index contributed by atoms with van der Waals surface area (Å²) in [5.74, 6) is -1.09. The van der Waals surface area contributed by atoms with Crippen LogP contribution in [0.3, 0.4) is 0 Å². The van der Waals surface area contributed by atoms with Crippen molar-refractivity contribution in [1.82, 2.24) is 10.6 Å². The Kier molecular flexibility index (Phi) is 3.91. The maximum Gasteiger partial charge on any atom is 0.326 e. The van der Waals surface area contributed by atoms with E-state index < -0.39 is 17.6 Å². The standard InChI is InChI=1S/C11H20N2O3/c1-4-12-11(2,3)10(16)13-8(9(14)15)7-5-6-7/h7-8,12H,4-6H2,1-3H3,(H,13,16)(H,14,15). The van der Waals surface area contributed by atoms with Crippen LogP contribution < -0.4 is 10.6 Å². The van der Waals surface area contributed by atoms with Crippen molar-refractivity contribution >= 4 is 11.9 Å². The van der Waals surface area contributed by atoms with Gasteiger partial charge in [-0.1, -0.05) is 6.92 Å². The Morgan fingerprint density at radius 3 is 2.38 bits per heavy atom. The van der Waals surface area contributed by atoms with Gasteiger partial charge >= 0.3 is 5.97 Å². The number of rotatable bonds is 6. The summed E-state index contributed by atoms with van der Waals surface area (Å²) in [7, 11) is 0. The lowest BCUT2D eigenvalue weighted by Crippen LogP contribution is -2.56. The Bertz CT molecular complexity index is 285. The van der Waals surface area contributed by atoms with Crippen molar-refractivity contribution in [3.05, 3.63) is 0 Å². The van der Waals surface area contributed by atoms with Gasteiger partial charge in [-0.2, -0.15) is 0 Å². The van der Waals surface area contributed by atoms with Crippen LogP contribution >= 0.6 is 0 Å². The fourth-order valence-electron chi connectivity index (χ4n) is 1.65. The fraction of sp³-hybridized carbons (Fsp3) is 0.818. The maximum absolute atomic E-state index is 11.9. The van der Waals surface area contributed by atoms with Gasteiger partial charge in [-0.3, -0.25) is 4.79 Å². The minimum Gasteiger partial charge on any atom is -0.480 e. The molecule has 0 saturated heterocycles. The van der Waals surface area contributed by atoms with Gasteiger partial charge < -0.3 is 15.7 Å². The molecule has 0 aliphatic heterocycles. The molecule has 0 aromatic heterocycles. The smallest absolute Gasteiger partial charge is 0.326 e. The first-order chi connectivity index (χ1) is 7.38. The topological polar surface area (TPSA) is 78.4 Å². The van der Waals surface area contributed by atoms with E-state index in [2.05, 4.69) is 10.6 Å². The molecule has 0 aromatic rings. The molecule has 1 unspecified atom stereocenters. The molecule has 1 aliphatic carbocycles. The van der Waals surface area contributed by atoms with E-state index in [0.717, 1.165) is 12.8 Å². The number of aliphatic carboxylic acids is 1. The monoisotopic (exact) mass is 228 g/mol. The molecule has 0 spiro atoms. The molecule has 5 nitrogen and oxygen atoms in total. The molecule has 1 fully saturated rings. The summed E-state index contributed by atoms with van der Waals surface area (Å²) in [5.41, 5.74) is -0.725. The first-order valence-electron chi connectivity index (χ1n) is 5.67. The summed E-state index contributed by atoms with van der Waals surface area (Å²) < 4.78 is 0. The average Bonchev–Trinajstić information content (AvgIpc) is 2.96. The number of hydrogen-bond donors (Lipinski definition) is 3. The molecule has 0 aromatic carbocycles. The van der Waals surface area contributed by atoms with Crippen LogP contribution in [0.25, 0.3) is 0 Å². The molecular formula is C11H20N2O3. The Hall–Kier alpha value is -1.10. The second-order valence-corrected chi connectivity index (χ2v) is 4.78. The molecule has 5 heteroatoms. The van der Waals surface area contributed by atoms with E-state index in [1.165, 1.54) is 0 Å². The Labute approximate surface area is 95.6 Å². The highest BCUT2D eigenvalue weighted by molar-refractivity contribution is 5.89. The summed E-state index contributed by atoms with van der Waals surface area (Å²) >= 11 is 0. The molecule has 1 aliphatic rings. The average molecular weight is 228 g/mol. The van der Waals surface area contributed by atoms with Gasteiger partial charge in [0.2, 0.25) is 5.91 Å². The normalized spacial score (nSPS) is 17.9. The van der Waals surface area contributed by atoms with E-state index in [0.29, 0.717) is 6.54 Å². The number of carboxylic acids is 1. The van der Waals surface area contributed by atoms with Crippen molar-refractivity contribution < 1.29 is 14.7 Å². The summed E-state index contributed by atoms with van der Waals surface area (Å²) in [6.45, 7) is 6.07. The number of carbonyl (C=O) groups excluding carboxylic acids is 1. The molecule has 0 heterocycles. The minimum atomic E-state index is -0.942. The summed E-state index contributed by atoms with van der Waals surface area (Å²) in [5, 5.41) is 14.6. The largest absolute Gasteiger partial charge is 0.480 e. The van der Waals surface area contributed by atoms with Gasteiger partial charge in [0.15, 0.2) is 0 Å². The number of carboxylic acid groups (broad SMARTS) is 1. The molecule has 0 radical (unpaired) electrons. The lowest BCUT2D eigenvalue weighted by Gasteiger charge is -2.26. The van der Waals surface area contributed by atoms with Crippen molar-refractivity contribution in [2.24, 2.45) is 5.92 Å². The predicted octanol–water partition coefficient (Wildman–Crippen LogP) is 0.354. The molecule has 3 N–H and O–H groups in total. The van der Waals surface area contributed by atoms with Crippen molar-refractivity contribution in [3.63, 3.8) is 0 Å². The van der Waals surface area contributed by atoms with E-state index >= 15 is 0 Å². The highest BCUT2D eigenvalue weighted by Gasteiger charge is 2.39. The molecule has 0 bridgehead atoms. The van der Waals surface area contributed by atoms with Crippen LogP contribution in [-0.4, -0.2) is 35.1 Å². The quantitative estimate of drug-likeness (QED) is 0.613. The van der Waals surface area contributed by atoms with Gasteiger partial charge in [-0.05, 0) is 39.2 Å². The number of carbonyl (C=O) groups is 2. The highest BCUT2D eigenvalue weighted by atomic mass is 16.4. The van der Waals surface area contributed by atoms with E-state index in [-0.39, 0.29) is 11.8 Å². The zero-order valence-electron chi connectivity index (χ0n) is 10.0. The van der Waals surface area contributed by atoms with Gasteiger partial charge in [-0.25, -0.2) is 4.79 Å². The van der Waals surface area contributed by atoms with Gasteiger partial charge in [0.1, 0.15) is 6.04 Å². The van der Waals surface area contributed by atoms with Crippen LogP contribution in [0.1, 0.15) is 33.6 Å². The second-order valence-electron chi connectivity index (χ2n) is 4.78. The minimum absolute atomic E-state index is 0.110. The number of amides is 1. The van der Waals surface area contributed by atoms with Gasteiger partial charge in [0.05, 0.1) is 5.54 Å². The van der Waals surface area contributed by atoms with Crippen molar-refractivity contribution in [2.45, 2.75) is 45.2 Å². The first-order valence-corrected chi connectivity index (χ1v) is 5.67. The molecule has 1 atom stereocenters. The maximum atomic E-state index is 11.9. The predicted molar refractivity (Wildman–Crippen MR) is 60.0 cm³/mol. The number of likely N-dealkylation sites (N-methyl/N-ethyl adjacent to an activating group) is 1. The van der Waals surface area contributed by atoms with Gasteiger partial charge in [-0.15, -0.1) is 0 Å². The first kappa shape index (κ1) is 13.0. The third kappa shape index (κ3) is 3.20. The SMILES string of the molecule is CCNC(C)(C)C(=O)NC(C(=O)O)C1CC1. The van der Waals surface area contributed by atoms with Crippen LogP contribution in [0.15, 0.2) is 0 Å². The van der Waals surface area contributed by atoms with Gasteiger partial charge in [0.25, 0.3) is 0 Å². The van der Waals surface area contributed by atoms with E-state index in [1.54, 1.807) is 13.8 Å². The number of nitrogens with one attached hydrogen (secondary N) is 2. The molecule has 16 heavy (non-hydrogen) atoms. The second kappa shape index (κ2) is 4.82. The van der Waals surface area contributed by atoms with Crippen LogP contribution in [0, 0.1) is 5.92 Å². The Morgan fingerprint density at radius 2 is 2.00 bits per heavy atom. The van der Waals surface area contributed by atoms with Crippen LogP contribution in [-0.2, 0) is 9.59 Å². The van der Waals surface area contributed by atoms with Gasteiger partial charge in [0, 0.05) is 0 Å². The molecule has 92 valence electrons. The zero-order valence-corrected chi connectivity index (χ0v) is 10.0. The number of hydrogen-bond acceptors (Lipinski definition) is 3. The van der Waals surface area contributed by atoms with Crippen molar-refractivity contribution in [3.8, 4) is 0 Å². The Balaban J connectivity index is 2.57. The molecule has 1 amide bonds. The van der Waals surface area contributed by atoms with E-state index in [9.17, 15) is 9.59 Å². The zero-order chi connectivity index (χ0) is 12.3. The van der Waals surface area contributed by atoms with E-state index in [1.807, 2.05) is 6.92 Å². The molecular weight excluding hydrogens is 208 g/mol. The highest BCUT2D eigenvalue weighted by Crippen LogP contribution is 2.32. The van der Waals surface area contributed by atoms with Crippen molar-refractivity contribution in [2.75, 3.05) is 6.54 Å². The van der Waals surface area contributed by atoms with Crippen LogP contribution in [0.4, 0.5) is 0 Å². The lowest BCUT2D eigenvalue weighted by molar-refractivity contribution is -0.143. The molecule has 1 rings (SSSR count). The summed E-state index contributed by atoms with van der Waals surface area (Å²) in [6.07, 6.45) is 1.78. The van der Waals surface area contributed by atoms with E-state index in [4.69, 9.17) is 5.11 Å². The summed E-state index contributed by atoms with van der Waals surface area (Å²) in [4.78, 5) is 22.8. The lowest BCUT2D eigenvalue weighted by atomic mass is 10.0. The van der Waals surface area contributed by atoms with Crippen LogP contribution in [0.2, 0.25) is 0 Å². The molecule has 1 saturated carbocycles. The van der Waals surface area contributed by atoms with Crippen LogP contribution in [0.5, 0.6) is 0 Å². The third-order valence-corrected chi connectivity index (χ3v) is 2.83. The summed E-state index contributed by atoms with van der Waals surface area (Å²) in [6, 6.07) is -0.731. The van der Waals surface area contributed by atoms with Crippen molar-refractivity contribution in [1.29, 1.82) is 0 Å². The Morgan fingerprint density at radius 1 is 1.44 bits per heavy atom. The third-order valence-electron chi connectivity index (χ3n) is 2.83.